The monoisotopic (exact) mass is 329 g/mol. The summed E-state index contributed by atoms with van der Waals surface area (Å²) in [5, 5.41) is 5.64. The fraction of sp³-hybridized carbons (Fsp3) is 0.444. The van der Waals surface area contributed by atoms with E-state index in [1.807, 2.05) is 26.0 Å². The predicted molar refractivity (Wildman–Crippen MR) is 90.4 cm³/mol. The van der Waals surface area contributed by atoms with Gasteiger partial charge in [0, 0.05) is 18.8 Å². The summed E-state index contributed by atoms with van der Waals surface area (Å²) >= 11 is 0. The molecule has 0 radical (unpaired) electrons. The van der Waals surface area contributed by atoms with Crippen LogP contribution < -0.4 is 10.6 Å². The molecule has 3 amide bonds. The summed E-state index contributed by atoms with van der Waals surface area (Å²) < 4.78 is 5.33. The Balaban J connectivity index is 2.00. The van der Waals surface area contributed by atoms with Gasteiger partial charge in [0.15, 0.2) is 0 Å². The lowest BCUT2D eigenvalue weighted by Crippen LogP contribution is -2.49. The van der Waals surface area contributed by atoms with Crippen LogP contribution in [0.25, 0.3) is 0 Å². The van der Waals surface area contributed by atoms with Crippen LogP contribution in [0, 0.1) is 13.8 Å². The second-order valence-electron chi connectivity index (χ2n) is 6.33. The third-order valence-electron chi connectivity index (χ3n) is 4.53. The number of amides is 3. The second kappa shape index (κ2) is 6.65. The normalized spacial score (nSPS) is 21.4. The summed E-state index contributed by atoms with van der Waals surface area (Å²) in [6, 6.07) is 5.34. The number of benzene rings is 1. The lowest BCUT2D eigenvalue weighted by molar-refractivity contribution is -0.131. The number of hydrogen-bond acceptors (Lipinski definition) is 3. The Morgan fingerprint density at radius 1 is 1.21 bits per heavy atom. The molecule has 1 aromatic carbocycles. The molecule has 1 unspecified atom stereocenters. The molecule has 1 atom stereocenters. The Hall–Kier alpha value is -2.34. The van der Waals surface area contributed by atoms with Crippen molar-refractivity contribution >= 4 is 11.9 Å². The first-order chi connectivity index (χ1) is 11.5. The van der Waals surface area contributed by atoms with Crippen LogP contribution in [0.4, 0.5) is 4.79 Å². The maximum atomic E-state index is 13.1. The van der Waals surface area contributed by atoms with E-state index in [-0.39, 0.29) is 11.9 Å². The number of aryl methyl sites for hydroxylation is 2. The van der Waals surface area contributed by atoms with E-state index in [9.17, 15) is 9.59 Å². The third-order valence-corrected chi connectivity index (χ3v) is 4.53. The quantitative estimate of drug-likeness (QED) is 0.869. The molecule has 3 rings (SSSR count). The van der Waals surface area contributed by atoms with Crippen LogP contribution in [0.3, 0.4) is 0 Å². The Morgan fingerprint density at radius 2 is 1.92 bits per heavy atom. The van der Waals surface area contributed by atoms with Gasteiger partial charge in [-0.05, 0) is 31.9 Å². The fourth-order valence-electron chi connectivity index (χ4n) is 3.30. The summed E-state index contributed by atoms with van der Waals surface area (Å²) in [5.74, 6) is -0.0479. The molecule has 0 bridgehead atoms. The van der Waals surface area contributed by atoms with Gasteiger partial charge in [-0.15, -0.1) is 0 Å². The summed E-state index contributed by atoms with van der Waals surface area (Å²) in [6.07, 6.45) is 0. The standard InChI is InChI=1S/C18H23N3O3/c1-11-4-5-14(12(2)10-11)16-15(13(3)19-18(23)20-16)17(22)21-6-8-24-9-7-21/h4-5,10,16H,6-9H2,1-3H3,(H2,19,20,23). The van der Waals surface area contributed by atoms with E-state index < -0.39 is 6.04 Å². The first-order valence-electron chi connectivity index (χ1n) is 8.20. The zero-order valence-electron chi connectivity index (χ0n) is 14.3. The van der Waals surface area contributed by atoms with Gasteiger partial charge in [-0.2, -0.15) is 0 Å². The second-order valence-corrected chi connectivity index (χ2v) is 6.33. The van der Waals surface area contributed by atoms with Crippen molar-refractivity contribution in [1.82, 2.24) is 15.5 Å². The largest absolute Gasteiger partial charge is 0.378 e. The Labute approximate surface area is 141 Å². The van der Waals surface area contributed by atoms with Crippen LogP contribution in [-0.4, -0.2) is 43.1 Å². The van der Waals surface area contributed by atoms with Crippen molar-refractivity contribution in [2.24, 2.45) is 0 Å². The van der Waals surface area contributed by atoms with Gasteiger partial charge in [0.1, 0.15) is 0 Å². The van der Waals surface area contributed by atoms with E-state index in [4.69, 9.17) is 4.74 Å². The van der Waals surface area contributed by atoms with Crippen molar-refractivity contribution in [2.45, 2.75) is 26.8 Å². The van der Waals surface area contributed by atoms with Gasteiger partial charge < -0.3 is 20.3 Å². The maximum absolute atomic E-state index is 13.1. The molecule has 1 saturated heterocycles. The van der Waals surface area contributed by atoms with E-state index in [0.717, 1.165) is 16.7 Å². The Bertz CT molecular complexity index is 705. The smallest absolute Gasteiger partial charge is 0.319 e. The van der Waals surface area contributed by atoms with Crippen LogP contribution in [0.15, 0.2) is 29.5 Å². The molecule has 128 valence electrons. The van der Waals surface area contributed by atoms with Crippen molar-refractivity contribution in [3.8, 4) is 0 Å². The first-order valence-corrected chi connectivity index (χ1v) is 8.20. The lowest BCUT2D eigenvalue weighted by atomic mass is 9.90. The van der Waals surface area contributed by atoms with Crippen molar-refractivity contribution in [2.75, 3.05) is 26.3 Å². The number of nitrogens with zero attached hydrogens (tertiary/aromatic N) is 1. The molecule has 0 spiro atoms. The van der Waals surface area contributed by atoms with Crippen LogP contribution >= 0.6 is 0 Å². The van der Waals surface area contributed by atoms with Gasteiger partial charge in [0.25, 0.3) is 5.91 Å². The van der Waals surface area contributed by atoms with E-state index in [1.54, 1.807) is 11.8 Å². The van der Waals surface area contributed by atoms with Crippen LogP contribution in [0.1, 0.15) is 29.7 Å². The molecule has 0 aliphatic carbocycles. The number of urea groups is 1. The van der Waals surface area contributed by atoms with Gasteiger partial charge in [-0.3, -0.25) is 4.79 Å². The Kier molecular flexibility index (Phi) is 4.57. The number of allylic oxidation sites excluding steroid dienone is 1. The minimum Gasteiger partial charge on any atom is -0.378 e. The first kappa shape index (κ1) is 16.5. The molecule has 24 heavy (non-hydrogen) atoms. The minimum absolute atomic E-state index is 0.0479. The average molecular weight is 329 g/mol. The number of hydrogen-bond donors (Lipinski definition) is 2. The van der Waals surface area contributed by atoms with Gasteiger partial charge in [0.2, 0.25) is 0 Å². The van der Waals surface area contributed by atoms with E-state index >= 15 is 0 Å². The maximum Gasteiger partial charge on any atom is 0.319 e. The molecule has 2 aliphatic rings. The Morgan fingerprint density at radius 3 is 2.58 bits per heavy atom. The minimum atomic E-state index is -0.435. The summed E-state index contributed by atoms with van der Waals surface area (Å²) in [6.45, 7) is 8.05. The van der Waals surface area contributed by atoms with E-state index in [1.165, 1.54) is 0 Å². The van der Waals surface area contributed by atoms with Crippen molar-refractivity contribution < 1.29 is 14.3 Å². The van der Waals surface area contributed by atoms with E-state index in [2.05, 4.69) is 16.7 Å². The topological polar surface area (TPSA) is 70.7 Å². The van der Waals surface area contributed by atoms with Crippen LogP contribution in [0.5, 0.6) is 0 Å². The molecular formula is C18H23N3O3. The summed E-state index contributed by atoms with van der Waals surface area (Å²) in [4.78, 5) is 26.8. The zero-order valence-corrected chi connectivity index (χ0v) is 14.3. The SMILES string of the molecule is CC1=C(C(=O)N2CCOCC2)C(c2ccc(C)cc2C)NC(=O)N1. The van der Waals surface area contributed by atoms with Gasteiger partial charge in [0.05, 0.1) is 24.8 Å². The molecule has 0 aromatic heterocycles. The highest BCUT2D eigenvalue weighted by molar-refractivity contribution is 5.98. The number of carbonyl (C=O) groups is 2. The number of morpholine rings is 1. The van der Waals surface area contributed by atoms with Gasteiger partial charge in [-0.25, -0.2) is 4.79 Å². The van der Waals surface area contributed by atoms with Crippen molar-refractivity contribution in [3.63, 3.8) is 0 Å². The van der Waals surface area contributed by atoms with Crippen LogP contribution in [-0.2, 0) is 9.53 Å². The fourth-order valence-corrected chi connectivity index (χ4v) is 3.30. The van der Waals surface area contributed by atoms with Crippen LogP contribution in [0.2, 0.25) is 0 Å². The molecular weight excluding hydrogens is 306 g/mol. The zero-order chi connectivity index (χ0) is 17.3. The number of carbonyl (C=O) groups excluding carboxylic acids is 2. The van der Waals surface area contributed by atoms with Crippen molar-refractivity contribution in [3.05, 3.63) is 46.2 Å². The van der Waals surface area contributed by atoms with Gasteiger partial charge >= 0.3 is 6.03 Å². The highest BCUT2D eigenvalue weighted by Crippen LogP contribution is 2.30. The molecule has 2 N–H and O–H groups in total. The highest BCUT2D eigenvalue weighted by atomic mass is 16.5. The van der Waals surface area contributed by atoms with E-state index in [0.29, 0.717) is 37.6 Å². The molecule has 1 fully saturated rings. The highest BCUT2D eigenvalue weighted by Gasteiger charge is 2.34. The number of rotatable bonds is 2. The predicted octanol–water partition coefficient (Wildman–Crippen LogP) is 1.79. The molecule has 2 aliphatic heterocycles. The molecule has 6 nitrogen and oxygen atoms in total. The molecule has 6 heteroatoms. The molecule has 2 heterocycles. The molecule has 0 saturated carbocycles. The van der Waals surface area contributed by atoms with Gasteiger partial charge in [-0.1, -0.05) is 23.8 Å². The summed E-state index contributed by atoms with van der Waals surface area (Å²) in [7, 11) is 0. The third kappa shape index (κ3) is 3.14. The molecule has 1 aromatic rings. The van der Waals surface area contributed by atoms with Crippen molar-refractivity contribution in [1.29, 1.82) is 0 Å². The lowest BCUT2D eigenvalue weighted by Gasteiger charge is -2.34. The number of nitrogens with one attached hydrogen (secondary N) is 2. The average Bonchev–Trinajstić information content (AvgIpc) is 2.54. The number of ether oxygens (including phenoxy) is 1. The summed E-state index contributed by atoms with van der Waals surface area (Å²) in [5.41, 5.74) is 4.37.